The molecule has 0 bridgehead atoms. The average Bonchev–Trinajstić information content (AvgIpc) is 2.20. The lowest BCUT2D eigenvalue weighted by Gasteiger charge is -2.02. The molecule has 74 valence electrons. The Morgan fingerprint density at radius 3 is 2.31 bits per heavy atom. The van der Waals surface area contributed by atoms with Gasteiger partial charge in [-0.25, -0.2) is 0 Å². The van der Waals surface area contributed by atoms with E-state index in [2.05, 4.69) is 38.1 Å². The van der Waals surface area contributed by atoms with Gasteiger partial charge in [0.05, 0.1) is 0 Å². The van der Waals surface area contributed by atoms with E-state index in [1.807, 2.05) is 25.6 Å². The summed E-state index contributed by atoms with van der Waals surface area (Å²) >= 11 is 1.95. The zero-order valence-corrected chi connectivity index (χ0v) is 9.95. The monoisotopic (exact) mass is 196 g/mol. The summed E-state index contributed by atoms with van der Waals surface area (Å²) in [6, 6.07) is 8.55. The molecule has 0 saturated carbocycles. The lowest BCUT2D eigenvalue weighted by molar-refractivity contribution is 1.10. The average molecular weight is 196 g/mol. The van der Waals surface area contributed by atoms with Gasteiger partial charge in [0.1, 0.15) is 0 Å². The van der Waals surface area contributed by atoms with Gasteiger partial charge < -0.3 is 0 Å². The van der Waals surface area contributed by atoms with Crippen LogP contribution < -0.4 is 0 Å². The molecule has 0 aliphatic heterocycles. The summed E-state index contributed by atoms with van der Waals surface area (Å²) in [6.07, 6.45) is 1.25. The van der Waals surface area contributed by atoms with E-state index < -0.39 is 0 Å². The van der Waals surface area contributed by atoms with Crippen molar-refractivity contribution in [2.75, 3.05) is 5.75 Å². The molecular formula is C12H20S. The van der Waals surface area contributed by atoms with E-state index in [4.69, 9.17) is 0 Å². The Labute approximate surface area is 86.7 Å². The van der Waals surface area contributed by atoms with Crippen molar-refractivity contribution >= 4 is 11.8 Å². The molecule has 0 unspecified atom stereocenters. The molecule has 1 aromatic rings. The summed E-state index contributed by atoms with van der Waals surface area (Å²) in [7, 11) is 0. The third kappa shape index (κ3) is 4.99. The van der Waals surface area contributed by atoms with Gasteiger partial charge in [0.15, 0.2) is 0 Å². The van der Waals surface area contributed by atoms with Crippen LogP contribution in [0, 0.1) is 6.92 Å². The molecule has 0 N–H and O–H groups in total. The lowest BCUT2D eigenvalue weighted by Crippen LogP contribution is -1.79. The van der Waals surface area contributed by atoms with E-state index in [1.54, 1.807) is 0 Å². The minimum absolute atomic E-state index is 1.23. The Balaban J connectivity index is 0.000000671. The van der Waals surface area contributed by atoms with Gasteiger partial charge in [-0.3, -0.25) is 0 Å². The molecule has 1 heteroatoms. The second-order valence-electron chi connectivity index (χ2n) is 2.61. The number of hydrogen-bond acceptors (Lipinski definition) is 1. The van der Waals surface area contributed by atoms with E-state index in [-0.39, 0.29) is 0 Å². The zero-order chi connectivity index (χ0) is 10.1. The van der Waals surface area contributed by atoms with Gasteiger partial charge in [-0.15, -0.1) is 11.8 Å². The van der Waals surface area contributed by atoms with Crippen LogP contribution in [0.25, 0.3) is 0 Å². The fraction of sp³-hybridized carbons (Fsp3) is 0.500. The number of benzene rings is 1. The van der Waals surface area contributed by atoms with Crippen molar-refractivity contribution in [3.05, 3.63) is 29.8 Å². The topological polar surface area (TPSA) is 0 Å². The van der Waals surface area contributed by atoms with Crippen LogP contribution in [0.2, 0.25) is 0 Å². The minimum Gasteiger partial charge on any atom is -0.126 e. The number of rotatable bonds is 3. The molecule has 0 nitrogen and oxygen atoms in total. The third-order valence-electron chi connectivity index (χ3n) is 1.56. The summed E-state index contributed by atoms with van der Waals surface area (Å²) in [6.45, 7) is 8.38. The van der Waals surface area contributed by atoms with E-state index in [9.17, 15) is 0 Å². The Bertz CT molecular complexity index is 218. The molecular weight excluding hydrogens is 176 g/mol. The summed E-state index contributed by atoms with van der Waals surface area (Å²) in [5, 5.41) is 0. The van der Waals surface area contributed by atoms with Crippen molar-refractivity contribution in [1.29, 1.82) is 0 Å². The predicted octanol–water partition coefficient (Wildman–Crippen LogP) is 4.52. The Morgan fingerprint density at radius 1 is 1.15 bits per heavy atom. The second-order valence-corrected chi connectivity index (χ2v) is 3.75. The summed E-state index contributed by atoms with van der Waals surface area (Å²) < 4.78 is 0. The quantitative estimate of drug-likeness (QED) is 0.640. The maximum atomic E-state index is 2.21. The number of aryl methyl sites for hydroxylation is 1. The molecule has 0 amide bonds. The standard InChI is InChI=1S/C10H14S.C2H6/c1-3-8-11-10-7-5-4-6-9(10)2;1-2/h4-7H,3,8H2,1-2H3;1-2H3. The maximum Gasteiger partial charge on any atom is 0.0101 e. The maximum absolute atomic E-state index is 2.21. The Morgan fingerprint density at radius 2 is 1.77 bits per heavy atom. The van der Waals surface area contributed by atoms with Gasteiger partial charge in [-0.2, -0.15) is 0 Å². The van der Waals surface area contributed by atoms with Gasteiger partial charge in [-0.1, -0.05) is 39.0 Å². The van der Waals surface area contributed by atoms with E-state index in [0.717, 1.165) is 0 Å². The molecule has 0 aliphatic carbocycles. The SMILES string of the molecule is CC.CCCSc1ccccc1C. The molecule has 0 aliphatic rings. The van der Waals surface area contributed by atoms with Gasteiger partial charge in [-0.05, 0) is 30.7 Å². The normalized spacial score (nSPS) is 8.92. The van der Waals surface area contributed by atoms with E-state index in [1.165, 1.54) is 22.6 Å². The van der Waals surface area contributed by atoms with Crippen molar-refractivity contribution < 1.29 is 0 Å². The molecule has 0 spiro atoms. The van der Waals surface area contributed by atoms with Crippen LogP contribution in [0.1, 0.15) is 32.8 Å². The van der Waals surface area contributed by atoms with E-state index in [0.29, 0.717) is 0 Å². The Kier molecular flexibility index (Phi) is 7.91. The Hall–Kier alpha value is -0.430. The molecule has 0 atom stereocenters. The third-order valence-corrected chi connectivity index (χ3v) is 2.94. The summed E-state index contributed by atoms with van der Waals surface area (Å²) in [5.74, 6) is 1.23. The van der Waals surface area contributed by atoms with Crippen LogP contribution in [-0.4, -0.2) is 5.75 Å². The molecule has 0 saturated heterocycles. The van der Waals surface area contributed by atoms with Gasteiger partial charge in [0.25, 0.3) is 0 Å². The van der Waals surface area contributed by atoms with E-state index >= 15 is 0 Å². The van der Waals surface area contributed by atoms with Crippen molar-refractivity contribution in [2.45, 2.75) is 39.0 Å². The highest BCUT2D eigenvalue weighted by atomic mass is 32.2. The van der Waals surface area contributed by atoms with Gasteiger partial charge in [0, 0.05) is 4.90 Å². The highest BCUT2D eigenvalue weighted by molar-refractivity contribution is 7.99. The van der Waals surface area contributed by atoms with Crippen LogP contribution >= 0.6 is 11.8 Å². The largest absolute Gasteiger partial charge is 0.126 e. The van der Waals surface area contributed by atoms with Crippen molar-refractivity contribution in [3.8, 4) is 0 Å². The molecule has 0 aromatic heterocycles. The predicted molar refractivity (Wildman–Crippen MR) is 63.5 cm³/mol. The molecule has 0 heterocycles. The molecule has 1 rings (SSSR count). The van der Waals surface area contributed by atoms with Crippen LogP contribution in [0.5, 0.6) is 0 Å². The van der Waals surface area contributed by atoms with Crippen molar-refractivity contribution in [1.82, 2.24) is 0 Å². The molecule has 1 aromatic carbocycles. The first-order valence-corrected chi connectivity index (χ1v) is 6.01. The zero-order valence-electron chi connectivity index (χ0n) is 9.13. The van der Waals surface area contributed by atoms with Crippen LogP contribution in [0.15, 0.2) is 29.2 Å². The smallest absolute Gasteiger partial charge is 0.0101 e. The fourth-order valence-corrected chi connectivity index (χ4v) is 1.82. The van der Waals surface area contributed by atoms with Crippen LogP contribution in [0.4, 0.5) is 0 Å². The summed E-state index contributed by atoms with van der Waals surface area (Å²) in [5.41, 5.74) is 1.39. The summed E-state index contributed by atoms with van der Waals surface area (Å²) in [4.78, 5) is 1.43. The van der Waals surface area contributed by atoms with Crippen molar-refractivity contribution in [2.24, 2.45) is 0 Å². The highest BCUT2D eigenvalue weighted by Gasteiger charge is 1.94. The number of thioether (sulfide) groups is 1. The first-order valence-electron chi connectivity index (χ1n) is 5.03. The molecule has 0 fully saturated rings. The second kappa shape index (κ2) is 8.18. The molecule has 0 radical (unpaired) electrons. The highest BCUT2D eigenvalue weighted by Crippen LogP contribution is 2.21. The van der Waals surface area contributed by atoms with Crippen LogP contribution in [-0.2, 0) is 0 Å². The first-order chi connectivity index (χ1) is 6.34. The first kappa shape index (κ1) is 12.6. The lowest BCUT2D eigenvalue weighted by atomic mass is 10.2. The fourth-order valence-electron chi connectivity index (χ4n) is 0.930. The van der Waals surface area contributed by atoms with Gasteiger partial charge in [0.2, 0.25) is 0 Å². The number of hydrogen-bond donors (Lipinski definition) is 0. The van der Waals surface area contributed by atoms with Crippen molar-refractivity contribution in [3.63, 3.8) is 0 Å². The minimum atomic E-state index is 1.23. The van der Waals surface area contributed by atoms with Gasteiger partial charge >= 0.3 is 0 Å². The van der Waals surface area contributed by atoms with Crippen LogP contribution in [0.3, 0.4) is 0 Å². The molecule has 13 heavy (non-hydrogen) atoms.